The third-order valence-electron chi connectivity index (χ3n) is 5.85. The molecule has 35 heavy (non-hydrogen) atoms. The molecule has 0 saturated carbocycles. The number of fused-ring (bicyclic) bond motifs is 1. The summed E-state index contributed by atoms with van der Waals surface area (Å²) in [5.41, 5.74) is 1.71. The molecule has 0 aromatic heterocycles. The van der Waals surface area contributed by atoms with Crippen LogP contribution in [0.2, 0.25) is 0 Å². The summed E-state index contributed by atoms with van der Waals surface area (Å²) in [4.78, 5) is 14.3. The fourth-order valence-corrected chi connectivity index (χ4v) is 4.75. The van der Waals surface area contributed by atoms with Crippen LogP contribution in [0.15, 0.2) is 36.4 Å². The Bertz CT molecular complexity index is 1210. The predicted octanol–water partition coefficient (Wildman–Crippen LogP) is 3.10. The predicted molar refractivity (Wildman–Crippen MR) is 115 cm³/mol. The Labute approximate surface area is 198 Å². The Hall–Kier alpha value is -2.64. The Morgan fingerprint density at radius 2 is 1.71 bits per heavy atom. The molecular weight excluding hydrogens is 500 g/mol. The second-order valence-corrected chi connectivity index (χ2v) is 10.4. The summed E-state index contributed by atoms with van der Waals surface area (Å²) < 4.78 is 103. The number of halogens is 6. The van der Waals surface area contributed by atoms with E-state index in [1.54, 1.807) is 24.3 Å². The molecule has 1 aliphatic heterocycles. The molecule has 2 aromatic rings. The van der Waals surface area contributed by atoms with Crippen molar-refractivity contribution in [2.45, 2.75) is 43.4 Å². The van der Waals surface area contributed by atoms with Crippen molar-refractivity contribution in [1.29, 1.82) is 0 Å². The van der Waals surface area contributed by atoms with Crippen molar-refractivity contribution in [3.63, 3.8) is 0 Å². The van der Waals surface area contributed by atoms with Crippen LogP contribution >= 0.6 is 0 Å². The summed E-state index contributed by atoms with van der Waals surface area (Å²) in [6.07, 6.45) is -0.578. The maximum Gasteiger partial charge on any atom is 0.511 e. The van der Waals surface area contributed by atoms with Crippen molar-refractivity contribution in [1.82, 2.24) is 9.21 Å². The van der Waals surface area contributed by atoms with Crippen LogP contribution in [0.4, 0.5) is 26.3 Å². The van der Waals surface area contributed by atoms with Gasteiger partial charge in [0.25, 0.3) is 0 Å². The highest BCUT2D eigenvalue weighted by atomic mass is 32.2. The lowest BCUT2D eigenvalue weighted by molar-refractivity contribution is -0.135. The largest absolute Gasteiger partial charge is 0.511 e. The zero-order valence-corrected chi connectivity index (χ0v) is 19.3. The van der Waals surface area contributed by atoms with Gasteiger partial charge in [-0.1, -0.05) is 24.3 Å². The van der Waals surface area contributed by atoms with Crippen LogP contribution in [0.5, 0.6) is 0 Å². The first kappa shape index (κ1) is 27.0. The summed E-state index contributed by atoms with van der Waals surface area (Å²) in [6.45, 7) is -0.610. The number of sulfonamides is 1. The minimum Gasteiger partial charge on any atom is -0.334 e. The summed E-state index contributed by atoms with van der Waals surface area (Å²) in [7, 11) is -4.83. The summed E-state index contributed by atoms with van der Waals surface area (Å²) in [5, 5.41) is 0. The normalized spacial score (nSPS) is 17.4. The van der Waals surface area contributed by atoms with Gasteiger partial charge in [0.15, 0.2) is 11.6 Å². The van der Waals surface area contributed by atoms with Crippen molar-refractivity contribution in [3.8, 4) is 0 Å². The molecule has 0 aliphatic carbocycles. The van der Waals surface area contributed by atoms with Gasteiger partial charge in [0.2, 0.25) is 5.91 Å². The second-order valence-electron chi connectivity index (χ2n) is 8.41. The van der Waals surface area contributed by atoms with Gasteiger partial charge < -0.3 is 10.6 Å². The number of amides is 1. The molecule has 192 valence electrons. The van der Waals surface area contributed by atoms with Gasteiger partial charge in [0.1, 0.15) is 5.82 Å². The Balaban J connectivity index is 1.80. The number of likely N-dealkylation sites (N-methyl/N-ethyl adjacent to an activating group) is 1. The fraction of sp³-hybridized carbons (Fsp3) is 0.409. The van der Waals surface area contributed by atoms with Crippen LogP contribution in [0, 0.1) is 17.5 Å². The Kier molecular flexibility index (Phi) is 7.82. The molecule has 0 saturated heterocycles. The number of carbonyl (C=O) groups is 1. The van der Waals surface area contributed by atoms with E-state index in [2.05, 4.69) is 0 Å². The highest BCUT2D eigenvalue weighted by Crippen LogP contribution is 2.29. The smallest absolute Gasteiger partial charge is 0.334 e. The highest BCUT2D eigenvalue weighted by molar-refractivity contribution is 7.89. The molecule has 1 heterocycles. The lowest BCUT2D eigenvalue weighted by Gasteiger charge is -2.39. The lowest BCUT2D eigenvalue weighted by atomic mass is 9.93. The molecule has 0 radical (unpaired) electrons. The number of nitrogens with zero attached hydrogens (tertiary/aromatic N) is 2. The van der Waals surface area contributed by atoms with E-state index in [0.29, 0.717) is 12.1 Å². The van der Waals surface area contributed by atoms with Crippen molar-refractivity contribution in [2.24, 2.45) is 5.73 Å². The first-order valence-electron chi connectivity index (χ1n) is 10.5. The zero-order valence-electron chi connectivity index (χ0n) is 18.5. The maximum atomic E-state index is 13.9. The number of benzene rings is 2. The summed E-state index contributed by atoms with van der Waals surface area (Å²) in [6, 6.07) is 5.98. The SMILES string of the molecule is CN(C[C@@H]1Cc2ccccc2CN1C(=O)C[C@H](N)Cc1cc(F)c(F)cc1F)S(=O)(=O)C(F)(F)F. The molecule has 2 aromatic carbocycles. The van der Waals surface area contributed by atoms with Crippen LogP contribution in [0.1, 0.15) is 23.1 Å². The summed E-state index contributed by atoms with van der Waals surface area (Å²) >= 11 is 0. The summed E-state index contributed by atoms with van der Waals surface area (Å²) in [5.74, 6) is -4.28. The number of alkyl halides is 3. The van der Waals surface area contributed by atoms with Crippen LogP contribution in [-0.2, 0) is 34.2 Å². The second kappa shape index (κ2) is 10.2. The van der Waals surface area contributed by atoms with Crippen molar-refractivity contribution in [2.75, 3.05) is 13.6 Å². The molecule has 2 N–H and O–H groups in total. The van der Waals surface area contributed by atoms with E-state index in [1.807, 2.05) is 0 Å². The van der Waals surface area contributed by atoms with Gasteiger partial charge in [-0.25, -0.2) is 21.6 Å². The van der Waals surface area contributed by atoms with Crippen LogP contribution in [-0.4, -0.2) is 54.7 Å². The average Bonchev–Trinajstić information content (AvgIpc) is 2.76. The molecule has 0 spiro atoms. The van der Waals surface area contributed by atoms with Crippen LogP contribution in [0.25, 0.3) is 0 Å². The highest BCUT2D eigenvalue weighted by Gasteiger charge is 2.49. The van der Waals surface area contributed by atoms with Crippen molar-refractivity contribution < 1.29 is 39.6 Å². The topological polar surface area (TPSA) is 83.7 Å². The number of hydrogen-bond acceptors (Lipinski definition) is 4. The lowest BCUT2D eigenvalue weighted by Crippen LogP contribution is -2.52. The molecule has 0 bridgehead atoms. The fourth-order valence-electron chi connectivity index (χ4n) is 4.03. The van der Waals surface area contributed by atoms with E-state index in [-0.39, 0.29) is 35.7 Å². The molecule has 1 aliphatic rings. The van der Waals surface area contributed by atoms with E-state index in [4.69, 9.17) is 5.73 Å². The van der Waals surface area contributed by atoms with E-state index in [0.717, 1.165) is 18.2 Å². The monoisotopic (exact) mass is 523 g/mol. The van der Waals surface area contributed by atoms with Crippen LogP contribution < -0.4 is 5.73 Å². The first-order valence-corrected chi connectivity index (χ1v) is 11.9. The Morgan fingerprint density at radius 3 is 2.34 bits per heavy atom. The van der Waals surface area contributed by atoms with Gasteiger partial charge >= 0.3 is 15.5 Å². The molecule has 1 amide bonds. The molecule has 0 unspecified atom stereocenters. The molecule has 0 fully saturated rings. The quantitative estimate of drug-likeness (QED) is 0.447. The van der Waals surface area contributed by atoms with Gasteiger partial charge in [-0.05, 0) is 35.6 Å². The van der Waals surface area contributed by atoms with E-state index >= 15 is 0 Å². The minimum atomic E-state index is -5.62. The van der Waals surface area contributed by atoms with Gasteiger partial charge in [-0.3, -0.25) is 4.79 Å². The third kappa shape index (κ3) is 5.96. The molecular formula is C22H23F6N3O3S. The number of carbonyl (C=O) groups excluding carboxylic acids is 1. The molecule has 6 nitrogen and oxygen atoms in total. The molecule has 2 atom stereocenters. The van der Waals surface area contributed by atoms with Crippen molar-refractivity contribution in [3.05, 3.63) is 70.5 Å². The Morgan fingerprint density at radius 1 is 1.11 bits per heavy atom. The van der Waals surface area contributed by atoms with Crippen molar-refractivity contribution >= 4 is 15.9 Å². The van der Waals surface area contributed by atoms with E-state index < -0.39 is 57.5 Å². The first-order chi connectivity index (χ1) is 16.2. The van der Waals surface area contributed by atoms with Gasteiger partial charge in [-0.15, -0.1) is 0 Å². The zero-order chi connectivity index (χ0) is 26.1. The number of hydrogen-bond donors (Lipinski definition) is 1. The maximum absolute atomic E-state index is 13.9. The minimum absolute atomic E-state index is 0.00579. The number of rotatable bonds is 7. The molecule has 3 rings (SSSR count). The number of nitrogens with two attached hydrogens (primary N) is 1. The average molecular weight is 523 g/mol. The molecule has 13 heteroatoms. The third-order valence-corrected chi connectivity index (χ3v) is 7.41. The van der Waals surface area contributed by atoms with Gasteiger partial charge in [0, 0.05) is 44.7 Å². The van der Waals surface area contributed by atoms with E-state index in [9.17, 15) is 39.6 Å². The van der Waals surface area contributed by atoms with Crippen LogP contribution in [0.3, 0.4) is 0 Å². The van der Waals surface area contributed by atoms with Gasteiger partial charge in [-0.2, -0.15) is 17.5 Å². The van der Waals surface area contributed by atoms with Gasteiger partial charge in [0.05, 0.1) is 0 Å². The van der Waals surface area contributed by atoms with E-state index in [1.165, 1.54) is 4.90 Å². The standard InChI is InChI=1S/C22H23F6N3O3S/c1-30(35(33,34)22(26,27)28)12-17-7-13-4-2-3-5-14(13)11-31(17)21(32)9-16(29)6-15-8-19(24)20(25)10-18(15)23/h2-5,8,10,16-17H,6-7,9,11-12,29H2,1H3/t16-,17+/m1/s1.